The van der Waals surface area contributed by atoms with E-state index in [1.165, 1.54) is 31.2 Å². The van der Waals surface area contributed by atoms with Crippen LogP contribution in [0.15, 0.2) is 54.6 Å². The molecule has 2 aromatic carbocycles. The largest absolute Gasteiger partial charge is 0.439 e. The van der Waals surface area contributed by atoms with Gasteiger partial charge in [-0.3, -0.25) is 0 Å². The molecular weight excluding hydrogens is 308 g/mol. The SMILES string of the molecule is CCc1ccc2nc(Oc3ccc(NC4CCCC4)cc3)ccc2c1. The predicted molar refractivity (Wildman–Crippen MR) is 104 cm³/mol. The molecule has 0 spiro atoms. The third-order valence-electron chi connectivity index (χ3n) is 4.94. The smallest absolute Gasteiger partial charge is 0.219 e. The summed E-state index contributed by atoms with van der Waals surface area (Å²) in [6, 6.07) is 19.2. The van der Waals surface area contributed by atoms with E-state index in [0.717, 1.165) is 28.8 Å². The summed E-state index contributed by atoms with van der Waals surface area (Å²) in [5.74, 6) is 1.45. The van der Waals surface area contributed by atoms with Crippen LogP contribution in [-0.4, -0.2) is 11.0 Å². The molecule has 128 valence electrons. The minimum atomic E-state index is 0.627. The van der Waals surface area contributed by atoms with Gasteiger partial charge in [0.05, 0.1) is 5.52 Å². The van der Waals surface area contributed by atoms with Gasteiger partial charge in [0.1, 0.15) is 5.75 Å². The lowest BCUT2D eigenvalue weighted by molar-refractivity contribution is 0.465. The van der Waals surface area contributed by atoms with E-state index in [1.807, 2.05) is 18.2 Å². The number of anilines is 1. The van der Waals surface area contributed by atoms with Gasteiger partial charge < -0.3 is 10.1 Å². The molecular formula is C22H24N2O. The van der Waals surface area contributed by atoms with Gasteiger partial charge >= 0.3 is 0 Å². The molecule has 0 atom stereocenters. The first kappa shape index (κ1) is 15.9. The summed E-state index contributed by atoms with van der Waals surface area (Å²) >= 11 is 0. The van der Waals surface area contributed by atoms with Crippen LogP contribution in [-0.2, 0) is 6.42 Å². The van der Waals surface area contributed by atoms with Crippen molar-refractivity contribution in [2.24, 2.45) is 0 Å². The first-order valence-corrected chi connectivity index (χ1v) is 9.24. The van der Waals surface area contributed by atoms with Gasteiger partial charge in [-0.25, -0.2) is 4.98 Å². The summed E-state index contributed by atoms with van der Waals surface area (Å²) in [7, 11) is 0. The fourth-order valence-electron chi connectivity index (χ4n) is 3.48. The van der Waals surface area contributed by atoms with E-state index in [9.17, 15) is 0 Å². The molecule has 0 radical (unpaired) electrons. The summed E-state index contributed by atoms with van der Waals surface area (Å²) in [5, 5.41) is 4.75. The van der Waals surface area contributed by atoms with Crippen LogP contribution in [0.25, 0.3) is 10.9 Å². The van der Waals surface area contributed by atoms with Gasteiger partial charge in [-0.1, -0.05) is 25.8 Å². The minimum absolute atomic E-state index is 0.627. The summed E-state index contributed by atoms with van der Waals surface area (Å²) in [6.07, 6.45) is 6.27. The molecule has 4 rings (SSSR count). The number of rotatable bonds is 5. The Morgan fingerprint density at radius 3 is 2.56 bits per heavy atom. The monoisotopic (exact) mass is 332 g/mol. The maximum absolute atomic E-state index is 5.93. The van der Waals surface area contributed by atoms with Gasteiger partial charge in [0.2, 0.25) is 5.88 Å². The van der Waals surface area contributed by atoms with E-state index in [0.29, 0.717) is 11.9 Å². The van der Waals surface area contributed by atoms with Gasteiger partial charge in [0.25, 0.3) is 0 Å². The van der Waals surface area contributed by atoms with Crippen molar-refractivity contribution >= 4 is 16.6 Å². The molecule has 3 aromatic rings. The molecule has 3 heteroatoms. The fourth-order valence-corrected chi connectivity index (χ4v) is 3.48. The number of hydrogen-bond acceptors (Lipinski definition) is 3. The molecule has 25 heavy (non-hydrogen) atoms. The van der Waals surface area contributed by atoms with Crippen LogP contribution in [0.3, 0.4) is 0 Å². The van der Waals surface area contributed by atoms with Crippen LogP contribution in [0.4, 0.5) is 5.69 Å². The third-order valence-corrected chi connectivity index (χ3v) is 4.94. The summed E-state index contributed by atoms with van der Waals surface area (Å²) in [5.41, 5.74) is 3.46. The maximum Gasteiger partial charge on any atom is 0.219 e. The second-order valence-electron chi connectivity index (χ2n) is 6.78. The number of aryl methyl sites for hydroxylation is 1. The Morgan fingerprint density at radius 1 is 1.00 bits per heavy atom. The van der Waals surface area contributed by atoms with Crippen molar-refractivity contribution in [1.82, 2.24) is 4.98 Å². The highest BCUT2D eigenvalue weighted by atomic mass is 16.5. The molecule has 1 saturated carbocycles. The zero-order valence-corrected chi connectivity index (χ0v) is 14.7. The highest BCUT2D eigenvalue weighted by Gasteiger charge is 2.14. The van der Waals surface area contributed by atoms with Crippen molar-refractivity contribution in [2.45, 2.75) is 45.1 Å². The molecule has 0 saturated heterocycles. The quantitative estimate of drug-likeness (QED) is 0.627. The highest BCUT2D eigenvalue weighted by Crippen LogP contribution is 2.26. The standard InChI is InChI=1S/C22H24N2O/c1-2-16-7-13-21-17(15-16)8-14-22(24-21)25-20-11-9-19(10-12-20)23-18-5-3-4-6-18/h7-15,18,23H,2-6H2,1H3. The number of ether oxygens (including phenoxy) is 1. The lowest BCUT2D eigenvalue weighted by atomic mass is 10.1. The number of hydrogen-bond donors (Lipinski definition) is 1. The predicted octanol–water partition coefficient (Wildman–Crippen LogP) is 5.94. The van der Waals surface area contributed by atoms with E-state index in [2.05, 4.69) is 53.6 Å². The lowest BCUT2D eigenvalue weighted by Gasteiger charge is -2.14. The van der Waals surface area contributed by atoms with Crippen molar-refractivity contribution < 1.29 is 4.74 Å². The molecule has 0 amide bonds. The van der Waals surface area contributed by atoms with Crippen molar-refractivity contribution in [3.8, 4) is 11.6 Å². The Morgan fingerprint density at radius 2 is 1.80 bits per heavy atom. The molecule has 1 aliphatic carbocycles. The first-order chi connectivity index (χ1) is 12.3. The second kappa shape index (κ2) is 7.14. The average Bonchev–Trinajstić information content (AvgIpc) is 3.16. The maximum atomic E-state index is 5.93. The molecule has 0 aliphatic heterocycles. The van der Waals surface area contributed by atoms with Crippen LogP contribution in [0.5, 0.6) is 11.6 Å². The van der Waals surface area contributed by atoms with Crippen molar-refractivity contribution in [2.75, 3.05) is 5.32 Å². The van der Waals surface area contributed by atoms with Crippen molar-refractivity contribution in [1.29, 1.82) is 0 Å². The third kappa shape index (κ3) is 3.76. The van der Waals surface area contributed by atoms with E-state index >= 15 is 0 Å². The van der Waals surface area contributed by atoms with Crippen LogP contribution in [0.1, 0.15) is 38.2 Å². The van der Waals surface area contributed by atoms with Crippen LogP contribution >= 0.6 is 0 Å². The molecule has 1 aromatic heterocycles. The van der Waals surface area contributed by atoms with E-state index in [1.54, 1.807) is 0 Å². The van der Waals surface area contributed by atoms with Gasteiger partial charge in [0.15, 0.2) is 0 Å². The summed E-state index contributed by atoms with van der Waals surface area (Å²) in [6.45, 7) is 2.16. The Hall–Kier alpha value is -2.55. The molecule has 1 fully saturated rings. The molecule has 1 aliphatic rings. The van der Waals surface area contributed by atoms with E-state index < -0.39 is 0 Å². The first-order valence-electron chi connectivity index (χ1n) is 9.24. The van der Waals surface area contributed by atoms with Crippen molar-refractivity contribution in [3.05, 3.63) is 60.2 Å². The molecule has 0 unspecified atom stereocenters. The Bertz CT molecular complexity index is 852. The number of nitrogens with one attached hydrogen (secondary N) is 1. The number of fused-ring (bicyclic) bond motifs is 1. The van der Waals surface area contributed by atoms with Crippen molar-refractivity contribution in [3.63, 3.8) is 0 Å². The number of benzene rings is 2. The zero-order chi connectivity index (χ0) is 17.1. The van der Waals surface area contributed by atoms with Crippen LogP contribution < -0.4 is 10.1 Å². The number of pyridine rings is 1. The van der Waals surface area contributed by atoms with Gasteiger partial charge in [-0.2, -0.15) is 0 Å². The van der Waals surface area contributed by atoms with E-state index in [4.69, 9.17) is 4.74 Å². The Kier molecular flexibility index (Phi) is 4.55. The van der Waals surface area contributed by atoms with E-state index in [-0.39, 0.29) is 0 Å². The normalized spacial score (nSPS) is 14.8. The number of nitrogens with zero attached hydrogens (tertiary/aromatic N) is 1. The highest BCUT2D eigenvalue weighted by molar-refractivity contribution is 5.79. The average molecular weight is 332 g/mol. The van der Waals surface area contributed by atoms with Gasteiger partial charge in [-0.05, 0) is 67.3 Å². The Balaban J connectivity index is 1.46. The second-order valence-corrected chi connectivity index (χ2v) is 6.78. The zero-order valence-electron chi connectivity index (χ0n) is 14.7. The molecule has 3 nitrogen and oxygen atoms in total. The Labute approximate surface area is 149 Å². The lowest BCUT2D eigenvalue weighted by Crippen LogP contribution is -2.14. The number of aromatic nitrogens is 1. The van der Waals surface area contributed by atoms with Gasteiger partial charge in [0, 0.05) is 23.2 Å². The molecule has 0 bridgehead atoms. The minimum Gasteiger partial charge on any atom is -0.439 e. The van der Waals surface area contributed by atoms with Crippen LogP contribution in [0, 0.1) is 0 Å². The molecule has 1 heterocycles. The topological polar surface area (TPSA) is 34.1 Å². The van der Waals surface area contributed by atoms with Gasteiger partial charge in [-0.15, -0.1) is 0 Å². The molecule has 1 N–H and O–H groups in total. The fraction of sp³-hybridized carbons (Fsp3) is 0.318. The van der Waals surface area contributed by atoms with Crippen LogP contribution in [0.2, 0.25) is 0 Å². The summed E-state index contributed by atoms with van der Waals surface area (Å²) in [4.78, 5) is 4.61. The summed E-state index contributed by atoms with van der Waals surface area (Å²) < 4.78 is 5.93.